The molecule has 8 heteroatoms. The van der Waals surface area contributed by atoms with Crippen molar-refractivity contribution in [2.75, 3.05) is 25.6 Å². The van der Waals surface area contributed by atoms with Gasteiger partial charge in [0, 0.05) is 36.2 Å². The number of amides is 2. The van der Waals surface area contributed by atoms with E-state index in [-0.39, 0.29) is 18.5 Å². The number of hydrogen-bond donors (Lipinski definition) is 3. The number of aliphatic imine (C=N–C) groups is 1. The maximum Gasteiger partial charge on any atom is 0.338 e. The van der Waals surface area contributed by atoms with Crippen LogP contribution in [0.1, 0.15) is 28.4 Å². The van der Waals surface area contributed by atoms with Gasteiger partial charge in [-0.1, -0.05) is 36.4 Å². The molecule has 3 aromatic carbocycles. The summed E-state index contributed by atoms with van der Waals surface area (Å²) in [6.45, 7) is 2.03. The zero-order chi connectivity index (χ0) is 24.9. The number of aromatic amines is 1. The number of nitrogens with one attached hydrogen (secondary N) is 2. The molecule has 0 atom stereocenters. The van der Waals surface area contributed by atoms with Gasteiger partial charge < -0.3 is 20.1 Å². The van der Waals surface area contributed by atoms with Crippen LogP contribution in [0, 0.1) is 0 Å². The minimum absolute atomic E-state index is 0.0559. The van der Waals surface area contributed by atoms with Crippen molar-refractivity contribution in [1.29, 1.82) is 0 Å². The standard InChI is InChI=1S/C27H26N4O4/c1-4-35-26(33)18-10-15-21-22(16-18)30-25(32)23(21)24(17-8-6-5-7-9-17)29-19-11-13-20(14-12-19)31(3)27(34)28-2/h5-16,30,32H,4H2,1-3H3,(H,28,34). The Bertz CT molecular complexity index is 1390. The van der Waals surface area contributed by atoms with E-state index < -0.39 is 5.97 Å². The minimum Gasteiger partial charge on any atom is -0.494 e. The molecule has 4 aromatic rings. The third-order valence-electron chi connectivity index (χ3n) is 5.57. The van der Waals surface area contributed by atoms with Crippen LogP contribution in [0.5, 0.6) is 5.88 Å². The van der Waals surface area contributed by atoms with Crippen LogP contribution in [-0.2, 0) is 4.74 Å². The van der Waals surface area contributed by atoms with Gasteiger partial charge in [-0.15, -0.1) is 0 Å². The summed E-state index contributed by atoms with van der Waals surface area (Å²) in [5, 5.41) is 14.2. The first-order valence-electron chi connectivity index (χ1n) is 11.1. The number of nitrogens with zero attached hydrogens (tertiary/aromatic N) is 2. The zero-order valence-corrected chi connectivity index (χ0v) is 19.7. The molecule has 0 aliphatic carbocycles. The number of ether oxygens (including phenoxy) is 1. The zero-order valence-electron chi connectivity index (χ0n) is 19.7. The van der Waals surface area contributed by atoms with E-state index in [0.717, 1.165) is 5.56 Å². The van der Waals surface area contributed by atoms with Crippen molar-refractivity contribution in [2.45, 2.75) is 6.92 Å². The minimum atomic E-state index is -0.427. The Morgan fingerprint density at radius 1 is 1.03 bits per heavy atom. The molecule has 0 spiro atoms. The molecule has 0 bridgehead atoms. The van der Waals surface area contributed by atoms with Gasteiger partial charge in [0.1, 0.15) is 0 Å². The quantitative estimate of drug-likeness (QED) is 0.272. The van der Waals surface area contributed by atoms with Gasteiger partial charge in [-0.05, 0) is 43.3 Å². The smallest absolute Gasteiger partial charge is 0.338 e. The van der Waals surface area contributed by atoms with Crippen molar-refractivity contribution in [3.05, 3.63) is 89.5 Å². The SMILES string of the molecule is CCOC(=O)c1ccc2c(C(=Nc3ccc(N(C)C(=O)NC)cc3)c3ccccc3)c(O)[nH]c2c1. The maximum absolute atomic E-state index is 12.2. The number of carbonyl (C=O) groups is 2. The molecule has 0 aliphatic rings. The highest BCUT2D eigenvalue weighted by Crippen LogP contribution is 2.32. The lowest BCUT2D eigenvalue weighted by molar-refractivity contribution is 0.0526. The van der Waals surface area contributed by atoms with Crippen LogP contribution in [0.4, 0.5) is 16.2 Å². The van der Waals surface area contributed by atoms with Gasteiger partial charge in [-0.25, -0.2) is 14.6 Å². The van der Waals surface area contributed by atoms with Gasteiger partial charge in [0.25, 0.3) is 0 Å². The van der Waals surface area contributed by atoms with Gasteiger partial charge in [0.2, 0.25) is 0 Å². The predicted molar refractivity (Wildman–Crippen MR) is 137 cm³/mol. The third-order valence-corrected chi connectivity index (χ3v) is 5.57. The molecule has 8 nitrogen and oxygen atoms in total. The highest BCUT2D eigenvalue weighted by atomic mass is 16.5. The number of fused-ring (bicyclic) bond motifs is 1. The van der Waals surface area contributed by atoms with E-state index in [9.17, 15) is 14.7 Å². The van der Waals surface area contributed by atoms with E-state index in [2.05, 4.69) is 10.3 Å². The Labute approximate surface area is 202 Å². The molecular weight excluding hydrogens is 444 g/mol. The van der Waals surface area contributed by atoms with Gasteiger partial charge in [-0.3, -0.25) is 4.90 Å². The first-order valence-corrected chi connectivity index (χ1v) is 11.1. The number of benzene rings is 3. The number of H-pyrrole nitrogens is 1. The summed E-state index contributed by atoms with van der Waals surface area (Å²) < 4.78 is 5.09. The summed E-state index contributed by atoms with van der Waals surface area (Å²) in [4.78, 5) is 33.4. The molecule has 0 aliphatic heterocycles. The highest BCUT2D eigenvalue weighted by Gasteiger charge is 2.20. The molecule has 4 rings (SSSR count). The van der Waals surface area contributed by atoms with Crippen LogP contribution in [0.3, 0.4) is 0 Å². The van der Waals surface area contributed by atoms with E-state index in [1.54, 1.807) is 51.4 Å². The number of urea groups is 1. The molecule has 0 radical (unpaired) electrons. The third kappa shape index (κ3) is 4.86. The molecule has 35 heavy (non-hydrogen) atoms. The van der Waals surface area contributed by atoms with Crippen molar-refractivity contribution in [3.63, 3.8) is 0 Å². The molecule has 1 heterocycles. The number of rotatable bonds is 6. The summed E-state index contributed by atoms with van der Waals surface area (Å²) in [5.41, 5.74) is 4.24. The molecular formula is C27H26N4O4. The summed E-state index contributed by atoms with van der Waals surface area (Å²) in [5.74, 6) is -0.483. The Morgan fingerprint density at radius 3 is 2.40 bits per heavy atom. The van der Waals surface area contributed by atoms with Crippen LogP contribution in [0.25, 0.3) is 10.9 Å². The van der Waals surface area contributed by atoms with Gasteiger partial charge in [0.15, 0.2) is 5.88 Å². The fraction of sp³-hybridized carbons (Fsp3) is 0.148. The molecule has 2 amide bonds. The molecule has 0 unspecified atom stereocenters. The average Bonchev–Trinajstić information content (AvgIpc) is 3.22. The summed E-state index contributed by atoms with van der Waals surface area (Å²) in [7, 11) is 3.26. The topological polar surface area (TPSA) is 107 Å². The van der Waals surface area contributed by atoms with Crippen LogP contribution in [0.15, 0.2) is 77.8 Å². The Kier molecular flexibility index (Phi) is 6.82. The molecule has 0 saturated heterocycles. The number of anilines is 1. The lowest BCUT2D eigenvalue weighted by Gasteiger charge is -2.16. The lowest BCUT2D eigenvalue weighted by atomic mass is 10.00. The van der Waals surface area contributed by atoms with E-state index in [4.69, 9.17) is 9.73 Å². The van der Waals surface area contributed by atoms with Gasteiger partial charge in [-0.2, -0.15) is 0 Å². The second-order valence-corrected chi connectivity index (χ2v) is 7.79. The lowest BCUT2D eigenvalue weighted by Crippen LogP contribution is -2.34. The number of aromatic hydroxyl groups is 1. The predicted octanol–water partition coefficient (Wildman–Crippen LogP) is 4.99. The van der Waals surface area contributed by atoms with E-state index in [1.165, 1.54) is 4.90 Å². The maximum atomic E-state index is 12.2. The van der Waals surface area contributed by atoms with Crippen molar-refractivity contribution in [3.8, 4) is 5.88 Å². The average molecular weight is 471 g/mol. The van der Waals surface area contributed by atoms with E-state index in [1.807, 2.05) is 42.5 Å². The monoisotopic (exact) mass is 470 g/mol. The summed E-state index contributed by atoms with van der Waals surface area (Å²) in [6, 6.07) is 21.6. The Balaban J connectivity index is 1.81. The summed E-state index contributed by atoms with van der Waals surface area (Å²) in [6.07, 6.45) is 0. The number of carbonyl (C=O) groups excluding carboxylic acids is 2. The fourth-order valence-electron chi connectivity index (χ4n) is 3.79. The molecule has 3 N–H and O–H groups in total. The molecule has 0 fully saturated rings. The normalized spacial score (nSPS) is 11.3. The van der Waals surface area contributed by atoms with Crippen molar-refractivity contribution < 1.29 is 19.4 Å². The molecule has 1 aromatic heterocycles. The fourth-order valence-corrected chi connectivity index (χ4v) is 3.79. The first kappa shape index (κ1) is 23.6. The van der Waals surface area contributed by atoms with E-state index >= 15 is 0 Å². The number of esters is 1. The van der Waals surface area contributed by atoms with E-state index in [0.29, 0.717) is 39.1 Å². The second-order valence-electron chi connectivity index (χ2n) is 7.79. The molecule has 178 valence electrons. The second kappa shape index (κ2) is 10.1. The Morgan fingerprint density at radius 2 is 1.74 bits per heavy atom. The van der Waals surface area contributed by atoms with Crippen LogP contribution >= 0.6 is 0 Å². The van der Waals surface area contributed by atoms with Crippen LogP contribution < -0.4 is 10.2 Å². The summed E-state index contributed by atoms with van der Waals surface area (Å²) >= 11 is 0. The molecule has 0 saturated carbocycles. The number of hydrogen-bond acceptors (Lipinski definition) is 5. The highest BCUT2D eigenvalue weighted by molar-refractivity contribution is 6.22. The van der Waals surface area contributed by atoms with Crippen molar-refractivity contribution >= 4 is 40.0 Å². The van der Waals surface area contributed by atoms with Crippen LogP contribution in [0.2, 0.25) is 0 Å². The first-order chi connectivity index (χ1) is 16.9. The van der Waals surface area contributed by atoms with Gasteiger partial charge in [0.05, 0.1) is 29.1 Å². The number of aromatic nitrogens is 1. The van der Waals surface area contributed by atoms with Crippen molar-refractivity contribution in [1.82, 2.24) is 10.3 Å². The Hall–Kier alpha value is -4.59. The largest absolute Gasteiger partial charge is 0.494 e. The van der Waals surface area contributed by atoms with Gasteiger partial charge >= 0.3 is 12.0 Å². The van der Waals surface area contributed by atoms with Crippen molar-refractivity contribution in [2.24, 2.45) is 4.99 Å². The van der Waals surface area contributed by atoms with Crippen LogP contribution in [-0.4, -0.2) is 48.5 Å².